The van der Waals surface area contributed by atoms with Crippen LogP contribution in [-0.2, 0) is 6.54 Å². The van der Waals surface area contributed by atoms with Crippen molar-refractivity contribution in [3.8, 4) is 0 Å². The average Bonchev–Trinajstić information content (AvgIpc) is 3.22. The van der Waals surface area contributed by atoms with Crippen LogP contribution in [0.1, 0.15) is 28.2 Å². The number of carbonyl (C=O) groups excluding carboxylic acids is 1. The second kappa shape index (κ2) is 6.69. The number of likely N-dealkylation sites (tertiary alicyclic amines) is 1. The Morgan fingerprint density at radius 2 is 2.24 bits per heavy atom. The molecule has 1 aromatic carbocycles. The van der Waals surface area contributed by atoms with Gasteiger partial charge in [0.05, 0.1) is 5.69 Å². The van der Waals surface area contributed by atoms with E-state index in [1.807, 2.05) is 55.6 Å². The molecule has 0 spiro atoms. The standard InChI is InChI=1S/C20H21N3O2/c1-14-5-6-18-15(10-14)11-19(25-18)20(24)22-17-7-9-23(13-17)12-16-4-2-3-8-21-16/h2-6,8,10-11,17H,7,9,12-13H2,1H3,(H,22,24)/t17-/m1/s1. The number of hydrogen-bond acceptors (Lipinski definition) is 4. The van der Waals surface area contributed by atoms with Gasteiger partial charge in [0.1, 0.15) is 5.58 Å². The third kappa shape index (κ3) is 3.56. The molecule has 4 rings (SSSR count). The van der Waals surface area contributed by atoms with Gasteiger partial charge in [0.2, 0.25) is 0 Å². The minimum Gasteiger partial charge on any atom is -0.451 e. The van der Waals surface area contributed by atoms with Gasteiger partial charge in [0.25, 0.3) is 5.91 Å². The van der Waals surface area contributed by atoms with Crippen LogP contribution in [0.3, 0.4) is 0 Å². The highest BCUT2D eigenvalue weighted by Crippen LogP contribution is 2.21. The summed E-state index contributed by atoms with van der Waals surface area (Å²) in [7, 11) is 0. The molecule has 1 atom stereocenters. The fourth-order valence-electron chi connectivity index (χ4n) is 3.35. The van der Waals surface area contributed by atoms with E-state index in [4.69, 9.17) is 4.42 Å². The highest BCUT2D eigenvalue weighted by Gasteiger charge is 2.25. The summed E-state index contributed by atoms with van der Waals surface area (Å²) in [4.78, 5) is 19.2. The Labute approximate surface area is 146 Å². The van der Waals surface area contributed by atoms with Crippen LogP contribution in [0.4, 0.5) is 0 Å². The van der Waals surface area contributed by atoms with Gasteiger partial charge in [-0.15, -0.1) is 0 Å². The molecule has 5 nitrogen and oxygen atoms in total. The predicted octanol–water partition coefficient (Wildman–Crippen LogP) is 3.14. The first kappa shape index (κ1) is 15.8. The maximum atomic E-state index is 12.5. The predicted molar refractivity (Wildman–Crippen MR) is 96.3 cm³/mol. The zero-order valence-electron chi connectivity index (χ0n) is 14.2. The number of aromatic nitrogens is 1. The molecule has 3 aromatic rings. The Morgan fingerprint density at radius 3 is 3.08 bits per heavy atom. The molecule has 3 heterocycles. The van der Waals surface area contributed by atoms with Crippen LogP contribution in [0, 0.1) is 6.92 Å². The van der Waals surface area contributed by atoms with Crippen molar-refractivity contribution in [2.75, 3.05) is 13.1 Å². The van der Waals surface area contributed by atoms with Gasteiger partial charge in [-0.25, -0.2) is 0 Å². The van der Waals surface area contributed by atoms with Gasteiger partial charge in [0.15, 0.2) is 5.76 Å². The highest BCUT2D eigenvalue weighted by molar-refractivity contribution is 5.96. The Hall–Kier alpha value is -2.66. The van der Waals surface area contributed by atoms with Gasteiger partial charge in [-0.05, 0) is 43.7 Å². The van der Waals surface area contributed by atoms with E-state index in [9.17, 15) is 4.79 Å². The lowest BCUT2D eigenvalue weighted by Gasteiger charge is -2.15. The minimum atomic E-state index is -0.140. The number of aryl methyl sites for hydroxylation is 1. The summed E-state index contributed by atoms with van der Waals surface area (Å²) < 4.78 is 5.68. The third-order valence-corrected chi connectivity index (χ3v) is 4.61. The number of pyridine rings is 1. The molecule has 0 radical (unpaired) electrons. The number of furan rings is 1. The van der Waals surface area contributed by atoms with Crippen molar-refractivity contribution in [1.29, 1.82) is 0 Å². The number of carbonyl (C=O) groups is 1. The first-order valence-electron chi connectivity index (χ1n) is 8.61. The molecule has 1 saturated heterocycles. The lowest BCUT2D eigenvalue weighted by molar-refractivity contribution is 0.0912. The number of hydrogen-bond donors (Lipinski definition) is 1. The van der Waals surface area contributed by atoms with Crippen LogP contribution in [0.25, 0.3) is 11.0 Å². The van der Waals surface area contributed by atoms with E-state index in [-0.39, 0.29) is 11.9 Å². The van der Waals surface area contributed by atoms with Crippen molar-refractivity contribution in [2.45, 2.75) is 25.9 Å². The first-order chi connectivity index (χ1) is 12.2. The van der Waals surface area contributed by atoms with Crippen LogP contribution in [0.5, 0.6) is 0 Å². The second-order valence-corrected chi connectivity index (χ2v) is 6.67. The van der Waals surface area contributed by atoms with E-state index < -0.39 is 0 Å². The Kier molecular flexibility index (Phi) is 4.24. The van der Waals surface area contributed by atoms with E-state index in [0.717, 1.165) is 48.3 Å². The largest absolute Gasteiger partial charge is 0.451 e. The number of benzene rings is 1. The molecule has 0 bridgehead atoms. The number of nitrogens with one attached hydrogen (secondary N) is 1. The second-order valence-electron chi connectivity index (χ2n) is 6.67. The molecule has 128 valence electrons. The number of rotatable bonds is 4. The van der Waals surface area contributed by atoms with Gasteiger partial charge in [-0.1, -0.05) is 17.7 Å². The molecule has 2 aromatic heterocycles. The molecule has 1 aliphatic heterocycles. The smallest absolute Gasteiger partial charge is 0.287 e. The summed E-state index contributed by atoms with van der Waals surface area (Å²) in [5, 5.41) is 4.06. The van der Waals surface area contributed by atoms with Crippen molar-refractivity contribution in [3.05, 3.63) is 65.7 Å². The lowest BCUT2D eigenvalue weighted by Crippen LogP contribution is -2.36. The van der Waals surface area contributed by atoms with E-state index in [1.165, 1.54) is 0 Å². The summed E-state index contributed by atoms with van der Waals surface area (Å²) in [5.41, 5.74) is 2.96. The molecular weight excluding hydrogens is 314 g/mol. The zero-order chi connectivity index (χ0) is 17.2. The summed E-state index contributed by atoms with van der Waals surface area (Å²) >= 11 is 0. The fourth-order valence-corrected chi connectivity index (χ4v) is 3.35. The molecule has 1 amide bonds. The van der Waals surface area contributed by atoms with Gasteiger partial charge in [-0.3, -0.25) is 14.7 Å². The molecule has 5 heteroatoms. The van der Waals surface area contributed by atoms with Crippen molar-refractivity contribution in [1.82, 2.24) is 15.2 Å². The summed E-state index contributed by atoms with van der Waals surface area (Å²) in [5.74, 6) is 0.238. The van der Waals surface area contributed by atoms with Gasteiger partial charge < -0.3 is 9.73 Å². The third-order valence-electron chi connectivity index (χ3n) is 4.61. The molecule has 0 saturated carbocycles. The summed E-state index contributed by atoms with van der Waals surface area (Å²) in [6, 6.07) is 13.8. The Morgan fingerprint density at radius 1 is 1.32 bits per heavy atom. The van der Waals surface area contributed by atoms with Gasteiger partial charge in [-0.2, -0.15) is 0 Å². The van der Waals surface area contributed by atoms with Crippen LogP contribution in [0.15, 0.2) is 53.1 Å². The Bertz CT molecular complexity index is 888. The SMILES string of the molecule is Cc1ccc2oc(C(=O)N[C@@H]3CCN(Cc4ccccn4)C3)cc2c1. The molecule has 25 heavy (non-hydrogen) atoms. The maximum Gasteiger partial charge on any atom is 0.287 e. The van der Waals surface area contributed by atoms with Crippen molar-refractivity contribution in [2.24, 2.45) is 0 Å². The van der Waals surface area contributed by atoms with Crippen LogP contribution in [-0.4, -0.2) is 34.9 Å². The Balaban J connectivity index is 1.37. The quantitative estimate of drug-likeness (QED) is 0.796. The molecule has 0 aliphatic carbocycles. The van der Waals surface area contributed by atoms with Crippen LogP contribution < -0.4 is 5.32 Å². The zero-order valence-corrected chi connectivity index (χ0v) is 14.2. The lowest BCUT2D eigenvalue weighted by atomic mass is 10.2. The maximum absolute atomic E-state index is 12.5. The molecular formula is C20H21N3O2. The highest BCUT2D eigenvalue weighted by atomic mass is 16.3. The fraction of sp³-hybridized carbons (Fsp3) is 0.300. The summed E-state index contributed by atoms with van der Waals surface area (Å²) in [6.45, 7) is 4.64. The van der Waals surface area contributed by atoms with Gasteiger partial charge in [0, 0.05) is 37.3 Å². The number of nitrogens with zero attached hydrogens (tertiary/aromatic N) is 2. The first-order valence-corrected chi connectivity index (χ1v) is 8.61. The molecule has 0 unspecified atom stereocenters. The van der Waals surface area contributed by atoms with E-state index in [2.05, 4.69) is 15.2 Å². The van der Waals surface area contributed by atoms with E-state index >= 15 is 0 Å². The number of fused-ring (bicyclic) bond motifs is 1. The van der Waals surface area contributed by atoms with Crippen molar-refractivity contribution in [3.63, 3.8) is 0 Å². The average molecular weight is 335 g/mol. The van der Waals surface area contributed by atoms with Gasteiger partial charge >= 0.3 is 0 Å². The molecule has 1 N–H and O–H groups in total. The van der Waals surface area contributed by atoms with Crippen molar-refractivity contribution >= 4 is 16.9 Å². The van der Waals surface area contributed by atoms with E-state index in [0.29, 0.717) is 5.76 Å². The topological polar surface area (TPSA) is 58.4 Å². The van der Waals surface area contributed by atoms with Crippen molar-refractivity contribution < 1.29 is 9.21 Å². The number of amides is 1. The molecule has 1 aliphatic rings. The van der Waals surface area contributed by atoms with Crippen LogP contribution in [0.2, 0.25) is 0 Å². The van der Waals surface area contributed by atoms with E-state index in [1.54, 1.807) is 0 Å². The monoisotopic (exact) mass is 335 g/mol. The minimum absolute atomic E-state index is 0.140. The normalized spacial score (nSPS) is 17.9. The molecule has 1 fully saturated rings. The summed E-state index contributed by atoms with van der Waals surface area (Å²) in [6.07, 6.45) is 2.76. The van der Waals surface area contributed by atoms with Crippen LogP contribution >= 0.6 is 0 Å².